The zero-order chi connectivity index (χ0) is 16.1. The molecule has 4 heteroatoms. The van der Waals surface area contributed by atoms with Crippen molar-refractivity contribution in [1.82, 2.24) is 4.90 Å². The van der Waals surface area contributed by atoms with E-state index in [-0.39, 0.29) is 24.0 Å². The number of likely N-dealkylation sites (tertiary alicyclic amines) is 1. The minimum absolute atomic E-state index is 0.0198. The standard InChI is InChI=1S/C19H25NO3/c1-2-11-23-18-8-10-20(19(21)16-9-12-22-14-16)17(18)13-15-6-4-3-5-7-15/h2-7,16-18H,1,8-14H2/t16-,17-,18+/m0/s1. The summed E-state index contributed by atoms with van der Waals surface area (Å²) in [7, 11) is 0. The van der Waals surface area contributed by atoms with Crippen LogP contribution in [0, 0.1) is 5.92 Å². The van der Waals surface area contributed by atoms with Crippen LogP contribution in [-0.4, -0.2) is 49.3 Å². The first-order valence-corrected chi connectivity index (χ1v) is 8.44. The van der Waals surface area contributed by atoms with Crippen molar-refractivity contribution in [1.29, 1.82) is 0 Å². The lowest BCUT2D eigenvalue weighted by atomic mass is 10.0. The number of amides is 1. The topological polar surface area (TPSA) is 38.8 Å². The Hall–Kier alpha value is -1.65. The second-order valence-corrected chi connectivity index (χ2v) is 6.30. The molecule has 0 saturated carbocycles. The number of carbonyl (C=O) groups is 1. The predicted molar refractivity (Wildman–Crippen MR) is 89.1 cm³/mol. The molecule has 1 aromatic rings. The van der Waals surface area contributed by atoms with E-state index in [0.29, 0.717) is 19.8 Å². The third kappa shape index (κ3) is 3.82. The van der Waals surface area contributed by atoms with Crippen molar-refractivity contribution in [3.8, 4) is 0 Å². The summed E-state index contributed by atoms with van der Waals surface area (Å²) in [6, 6.07) is 10.4. The highest BCUT2D eigenvalue weighted by Gasteiger charge is 2.40. The van der Waals surface area contributed by atoms with Crippen LogP contribution in [0.25, 0.3) is 0 Å². The van der Waals surface area contributed by atoms with Gasteiger partial charge in [-0.15, -0.1) is 6.58 Å². The molecule has 2 fully saturated rings. The fourth-order valence-electron chi connectivity index (χ4n) is 3.55. The van der Waals surface area contributed by atoms with E-state index in [2.05, 4.69) is 18.7 Å². The highest BCUT2D eigenvalue weighted by Crippen LogP contribution is 2.28. The first-order valence-electron chi connectivity index (χ1n) is 8.44. The van der Waals surface area contributed by atoms with Gasteiger partial charge in [0.1, 0.15) is 0 Å². The van der Waals surface area contributed by atoms with Crippen LogP contribution in [0.4, 0.5) is 0 Å². The molecule has 2 aliphatic heterocycles. The average Bonchev–Trinajstić information content (AvgIpc) is 3.24. The average molecular weight is 315 g/mol. The van der Waals surface area contributed by atoms with Gasteiger partial charge in [-0.25, -0.2) is 0 Å². The third-order valence-corrected chi connectivity index (χ3v) is 4.76. The van der Waals surface area contributed by atoms with Crippen LogP contribution in [0.2, 0.25) is 0 Å². The lowest BCUT2D eigenvalue weighted by Gasteiger charge is -2.30. The molecule has 3 rings (SSSR count). The number of nitrogens with zero attached hydrogens (tertiary/aromatic N) is 1. The molecule has 1 amide bonds. The Morgan fingerprint density at radius 2 is 2.17 bits per heavy atom. The molecule has 23 heavy (non-hydrogen) atoms. The van der Waals surface area contributed by atoms with Crippen LogP contribution in [0.5, 0.6) is 0 Å². The Bertz CT molecular complexity index is 525. The molecule has 0 radical (unpaired) electrons. The van der Waals surface area contributed by atoms with Crippen molar-refractivity contribution in [2.24, 2.45) is 5.92 Å². The van der Waals surface area contributed by atoms with Gasteiger partial charge in [0.2, 0.25) is 5.91 Å². The quantitative estimate of drug-likeness (QED) is 0.757. The van der Waals surface area contributed by atoms with E-state index in [0.717, 1.165) is 25.8 Å². The number of benzene rings is 1. The van der Waals surface area contributed by atoms with Gasteiger partial charge in [0, 0.05) is 13.2 Å². The first kappa shape index (κ1) is 16.2. The summed E-state index contributed by atoms with van der Waals surface area (Å²) in [5, 5.41) is 0. The monoisotopic (exact) mass is 315 g/mol. The summed E-state index contributed by atoms with van der Waals surface area (Å²) in [5.74, 6) is 0.250. The van der Waals surface area contributed by atoms with Gasteiger partial charge in [0.25, 0.3) is 0 Å². The van der Waals surface area contributed by atoms with Gasteiger partial charge in [0.05, 0.1) is 31.3 Å². The smallest absolute Gasteiger partial charge is 0.228 e. The van der Waals surface area contributed by atoms with Crippen LogP contribution >= 0.6 is 0 Å². The van der Waals surface area contributed by atoms with Gasteiger partial charge in [-0.3, -0.25) is 4.79 Å². The van der Waals surface area contributed by atoms with Gasteiger partial charge >= 0.3 is 0 Å². The molecule has 1 aromatic carbocycles. The van der Waals surface area contributed by atoms with Gasteiger partial charge in [-0.2, -0.15) is 0 Å². The van der Waals surface area contributed by atoms with Crippen molar-refractivity contribution < 1.29 is 14.3 Å². The van der Waals surface area contributed by atoms with Crippen molar-refractivity contribution in [2.75, 3.05) is 26.4 Å². The second-order valence-electron chi connectivity index (χ2n) is 6.30. The van der Waals surface area contributed by atoms with E-state index >= 15 is 0 Å². The fraction of sp³-hybridized carbons (Fsp3) is 0.526. The Kier molecular flexibility index (Phi) is 5.47. The van der Waals surface area contributed by atoms with Gasteiger partial charge in [-0.05, 0) is 24.8 Å². The van der Waals surface area contributed by atoms with E-state index in [1.54, 1.807) is 6.08 Å². The first-order chi connectivity index (χ1) is 11.3. The van der Waals surface area contributed by atoms with E-state index in [1.807, 2.05) is 23.1 Å². The Morgan fingerprint density at radius 3 is 2.87 bits per heavy atom. The van der Waals surface area contributed by atoms with E-state index in [9.17, 15) is 4.79 Å². The molecule has 0 aromatic heterocycles. The predicted octanol–water partition coefficient (Wildman–Crippen LogP) is 2.44. The minimum atomic E-state index is 0.0198. The zero-order valence-electron chi connectivity index (χ0n) is 13.5. The molecule has 0 spiro atoms. The molecule has 124 valence electrons. The van der Waals surface area contributed by atoms with E-state index < -0.39 is 0 Å². The third-order valence-electron chi connectivity index (χ3n) is 4.76. The maximum atomic E-state index is 12.8. The largest absolute Gasteiger partial charge is 0.381 e. The van der Waals surface area contributed by atoms with Crippen LogP contribution in [0.3, 0.4) is 0 Å². The molecule has 0 aliphatic carbocycles. The Morgan fingerprint density at radius 1 is 1.35 bits per heavy atom. The van der Waals surface area contributed by atoms with Gasteiger partial charge in [0.15, 0.2) is 0 Å². The maximum Gasteiger partial charge on any atom is 0.228 e. The van der Waals surface area contributed by atoms with Crippen molar-refractivity contribution >= 4 is 5.91 Å². The molecule has 2 saturated heterocycles. The summed E-state index contributed by atoms with van der Waals surface area (Å²) in [4.78, 5) is 14.9. The molecule has 3 atom stereocenters. The molecule has 0 N–H and O–H groups in total. The summed E-state index contributed by atoms with van der Waals surface area (Å²) >= 11 is 0. The van der Waals surface area contributed by atoms with Crippen LogP contribution in [-0.2, 0) is 20.7 Å². The number of hydrogen-bond acceptors (Lipinski definition) is 3. The molecule has 0 unspecified atom stereocenters. The minimum Gasteiger partial charge on any atom is -0.381 e. The highest BCUT2D eigenvalue weighted by molar-refractivity contribution is 5.80. The lowest BCUT2D eigenvalue weighted by molar-refractivity contribution is -0.137. The van der Waals surface area contributed by atoms with Gasteiger partial charge in [-0.1, -0.05) is 36.4 Å². The highest BCUT2D eigenvalue weighted by atomic mass is 16.5. The molecule has 2 heterocycles. The van der Waals surface area contributed by atoms with Gasteiger partial charge < -0.3 is 14.4 Å². The Balaban J connectivity index is 1.73. The molecule has 2 aliphatic rings. The summed E-state index contributed by atoms with van der Waals surface area (Å²) in [6.45, 7) is 6.29. The zero-order valence-corrected chi connectivity index (χ0v) is 13.5. The molecule has 0 bridgehead atoms. The summed E-state index contributed by atoms with van der Waals surface area (Å²) in [5.41, 5.74) is 1.24. The number of hydrogen-bond donors (Lipinski definition) is 0. The number of rotatable bonds is 6. The lowest BCUT2D eigenvalue weighted by Crippen LogP contribution is -2.44. The molecular weight excluding hydrogens is 290 g/mol. The fourth-order valence-corrected chi connectivity index (χ4v) is 3.55. The summed E-state index contributed by atoms with van der Waals surface area (Å²) in [6.07, 6.45) is 4.42. The van der Waals surface area contributed by atoms with Crippen molar-refractivity contribution in [3.05, 3.63) is 48.6 Å². The maximum absolute atomic E-state index is 12.8. The van der Waals surface area contributed by atoms with Crippen LogP contribution < -0.4 is 0 Å². The Labute approximate surface area is 138 Å². The van der Waals surface area contributed by atoms with E-state index in [4.69, 9.17) is 9.47 Å². The summed E-state index contributed by atoms with van der Waals surface area (Å²) < 4.78 is 11.3. The SMILES string of the molecule is C=CCO[C@@H]1CCN(C(=O)[C@H]2CCOC2)[C@H]1Cc1ccccc1. The molecule has 4 nitrogen and oxygen atoms in total. The second kappa shape index (κ2) is 7.75. The van der Waals surface area contributed by atoms with Crippen LogP contribution in [0.15, 0.2) is 43.0 Å². The number of ether oxygens (including phenoxy) is 2. The van der Waals surface area contributed by atoms with Crippen LogP contribution in [0.1, 0.15) is 18.4 Å². The normalized spacial score (nSPS) is 27.3. The van der Waals surface area contributed by atoms with E-state index in [1.165, 1.54) is 5.56 Å². The van der Waals surface area contributed by atoms with Crippen molar-refractivity contribution in [3.63, 3.8) is 0 Å². The molecular formula is C19H25NO3. The number of carbonyl (C=O) groups excluding carboxylic acids is 1. The van der Waals surface area contributed by atoms with Crippen molar-refractivity contribution in [2.45, 2.75) is 31.4 Å².